The third kappa shape index (κ3) is 4.35. The van der Waals surface area contributed by atoms with Gasteiger partial charge in [0.1, 0.15) is 5.60 Å². The summed E-state index contributed by atoms with van der Waals surface area (Å²) in [5.74, 6) is 0. The van der Waals surface area contributed by atoms with Crippen molar-refractivity contribution in [2.24, 2.45) is 0 Å². The van der Waals surface area contributed by atoms with Crippen LogP contribution in [0.15, 0.2) is 0 Å². The molecule has 5 nitrogen and oxygen atoms in total. The van der Waals surface area contributed by atoms with Gasteiger partial charge in [-0.3, -0.25) is 0 Å². The number of rotatable bonds is 2. The van der Waals surface area contributed by atoms with Crippen molar-refractivity contribution in [1.82, 2.24) is 10.2 Å². The van der Waals surface area contributed by atoms with Crippen molar-refractivity contribution in [3.8, 4) is 0 Å². The zero-order valence-corrected chi connectivity index (χ0v) is 12.3. The first kappa shape index (κ1) is 14.6. The summed E-state index contributed by atoms with van der Waals surface area (Å²) in [6.45, 7) is 8.65. The molecule has 0 aromatic rings. The first-order valence-electron chi connectivity index (χ1n) is 7.26. The number of morpholine rings is 1. The highest BCUT2D eigenvalue weighted by Crippen LogP contribution is 2.20. The highest BCUT2D eigenvalue weighted by Gasteiger charge is 2.33. The van der Waals surface area contributed by atoms with Crippen LogP contribution in [0.5, 0.6) is 0 Å². The maximum atomic E-state index is 12.2. The molecule has 0 bridgehead atoms. The van der Waals surface area contributed by atoms with Gasteiger partial charge in [0.2, 0.25) is 0 Å². The number of carbonyl (C=O) groups is 1. The van der Waals surface area contributed by atoms with Crippen molar-refractivity contribution >= 4 is 6.09 Å². The van der Waals surface area contributed by atoms with Crippen LogP contribution >= 0.6 is 0 Å². The van der Waals surface area contributed by atoms with Crippen LogP contribution in [0.4, 0.5) is 4.79 Å². The summed E-state index contributed by atoms with van der Waals surface area (Å²) >= 11 is 0. The normalized spacial score (nSPS) is 28.5. The summed E-state index contributed by atoms with van der Waals surface area (Å²) in [5, 5.41) is 3.48. The van der Waals surface area contributed by atoms with Gasteiger partial charge in [-0.15, -0.1) is 0 Å². The summed E-state index contributed by atoms with van der Waals surface area (Å²) in [4.78, 5) is 14.1. The van der Waals surface area contributed by atoms with Crippen molar-refractivity contribution < 1.29 is 14.3 Å². The Morgan fingerprint density at radius 2 is 2.26 bits per heavy atom. The molecule has 2 saturated heterocycles. The molecule has 2 aliphatic heterocycles. The first-order chi connectivity index (χ1) is 8.96. The van der Waals surface area contributed by atoms with Crippen LogP contribution in [0, 0.1) is 0 Å². The van der Waals surface area contributed by atoms with Crippen molar-refractivity contribution in [2.75, 3.05) is 26.3 Å². The lowest BCUT2D eigenvalue weighted by Gasteiger charge is -2.37. The van der Waals surface area contributed by atoms with Gasteiger partial charge >= 0.3 is 6.09 Å². The molecule has 0 aliphatic carbocycles. The summed E-state index contributed by atoms with van der Waals surface area (Å²) in [7, 11) is 0. The van der Waals surface area contributed by atoms with Gasteiger partial charge < -0.3 is 19.7 Å². The molecule has 110 valence electrons. The standard InChI is InChI=1S/C14H26N2O3/c1-14(2,3)19-13(17)16-7-8-18-10-12(16)9-11-5-4-6-15-11/h11-12,15H,4-10H2,1-3H3. The number of carbonyl (C=O) groups excluding carboxylic acids is 1. The molecule has 19 heavy (non-hydrogen) atoms. The number of ether oxygens (including phenoxy) is 2. The zero-order chi connectivity index (χ0) is 13.9. The monoisotopic (exact) mass is 270 g/mol. The Hall–Kier alpha value is -0.810. The molecular formula is C14H26N2O3. The van der Waals surface area contributed by atoms with Crippen LogP contribution in [0.2, 0.25) is 0 Å². The van der Waals surface area contributed by atoms with Gasteiger partial charge in [0, 0.05) is 12.6 Å². The largest absolute Gasteiger partial charge is 0.444 e. The molecule has 2 unspecified atom stereocenters. The minimum absolute atomic E-state index is 0.138. The van der Waals surface area contributed by atoms with E-state index in [1.165, 1.54) is 12.8 Å². The molecule has 0 aromatic carbocycles. The summed E-state index contributed by atoms with van der Waals surface area (Å²) in [6.07, 6.45) is 3.17. The molecule has 0 aromatic heterocycles. The fraction of sp³-hybridized carbons (Fsp3) is 0.929. The summed E-state index contributed by atoms with van der Waals surface area (Å²) < 4.78 is 11.0. The van der Waals surface area contributed by atoms with Crippen LogP contribution in [0.1, 0.15) is 40.0 Å². The number of nitrogens with one attached hydrogen (secondary N) is 1. The van der Waals surface area contributed by atoms with Gasteiger partial charge in [0.15, 0.2) is 0 Å². The third-order valence-electron chi connectivity index (χ3n) is 3.57. The van der Waals surface area contributed by atoms with E-state index in [2.05, 4.69) is 5.32 Å². The highest BCUT2D eigenvalue weighted by atomic mass is 16.6. The quantitative estimate of drug-likeness (QED) is 0.831. The average Bonchev–Trinajstić information content (AvgIpc) is 2.80. The van der Waals surface area contributed by atoms with E-state index in [1.807, 2.05) is 25.7 Å². The Bertz CT molecular complexity index is 308. The second-order valence-corrected chi connectivity index (χ2v) is 6.43. The maximum Gasteiger partial charge on any atom is 0.410 e. The number of hydrogen-bond donors (Lipinski definition) is 1. The van der Waals surface area contributed by atoms with Gasteiger partial charge in [-0.05, 0) is 46.6 Å². The lowest BCUT2D eigenvalue weighted by atomic mass is 10.0. The van der Waals surface area contributed by atoms with E-state index >= 15 is 0 Å². The molecule has 1 amide bonds. The second-order valence-electron chi connectivity index (χ2n) is 6.43. The van der Waals surface area contributed by atoms with Crippen LogP contribution in [-0.4, -0.2) is 55.0 Å². The van der Waals surface area contributed by atoms with E-state index in [4.69, 9.17) is 9.47 Å². The number of hydrogen-bond acceptors (Lipinski definition) is 4. The molecule has 2 aliphatic rings. The van der Waals surface area contributed by atoms with E-state index in [-0.39, 0.29) is 12.1 Å². The van der Waals surface area contributed by atoms with Crippen LogP contribution < -0.4 is 5.32 Å². The van der Waals surface area contributed by atoms with E-state index in [0.29, 0.717) is 25.8 Å². The smallest absolute Gasteiger partial charge is 0.410 e. The first-order valence-corrected chi connectivity index (χ1v) is 7.26. The molecule has 2 heterocycles. The van der Waals surface area contributed by atoms with Gasteiger partial charge in [-0.2, -0.15) is 0 Å². The van der Waals surface area contributed by atoms with E-state index in [9.17, 15) is 4.79 Å². The Morgan fingerprint density at radius 3 is 2.89 bits per heavy atom. The van der Waals surface area contributed by atoms with Crippen LogP contribution in [0.25, 0.3) is 0 Å². The van der Waals surface area contributed by atoms with Gasteiger partial charge in [0.25, 0.3) is 0 Å². The predicted molar refractivity (Wildman–Crippen MR) is 73.2 cm³/mol. The third-order valence-corrected chi connectivity index (χ3v) is 3.57. The Morgan fingerprint density at radius 1 is 1.47 bits per heavy atom. The summed E-state index contributed by atoms with van der Waals surface area (Å²) in [5.41, 5.74) is -0.439. The lowest BCUT2D eigenvalue weighted by Crippen LogP contribution is -2.52. The minimum Gasteiger partial charge on any atom is -0.444 e. The Labute approximate surface area is 115 Å². The van der Waals surface area contributed by atoms with Crippen molar-refractivity contribution in [1.29, 1.82) is 0 Å². The van der Waals surface area contributed by atoms with Crippen molar-refractivity contribution in [3.63, 3.8) is 0 Å². The van der Waals surface area contributed by atoms with Crippen LogP contribution in [0.3, 0.4) is 0 Å². The second kappa shape index (κ2) is 6.09. The van der Waals surface area contributed by atoms with Crippen molar-refractivity contribution in [2.45, 2.75) is 57.7 Å². The topological polar surface area (TPSA) is 50.8 Å². The van der Waals surface area contributed by atoms with Crippen LogP contribution in [-0.2, 0) is 9.47 Å². The average molecular weight is 270 g/mol. The SMILES string of the molecule is CC(C)(C)OC(=O)N1CCOCC1CC1CCCN1. The molecule has 0 spiro atoms. The van der Waals surface area contributed by atoms with E-state index in [0.717, 1.165) is 13.0 Å². The maximum absolute atomic E-state index is 12.2. The predicted octanol–water partition coefficient (Wildman–Crippen LogP) is 1.76. The number of amides is 1. The summed E-state index contributed by atoms with van der Waals surface area (Å²) in [6, 6.07) is 0.649. The van der Waals surface area contributed by atoms with Gasteiger partial charge in [-0.1, -0.05) is 0 Å². The lowest BCUT2D eigenvalue weighted by molar-refractivity contribution is -0.0355. The Kier molecular flexibility index (Phi) is 4.68. The molecule has 5 heteroatoms. The molecule has 2 fully saturated rings. The zero-order valence-electron chi connectivity index (χ0n) is 12.3. The Balaban J connectivity index is 1.92. The van der Waals surface area contributed by atoms with Crippen molar-refractivity contribution in [3.05, 3.63) is 0 Å². The molecule has 0 saturated carbocycles. The van der Waals surface area contributed by atoms with E-state index < -0.39 is 5.60 Å². The minimum atomic E-state index is -0.439. The molecule has 1 N–H and O–H groups in total. The number of nitrogens with zero attached hydrogens (tertiary/aromatic N) is 1. The fourth-order valence-electron chi connectivity index (χ4n) is 2.70. The fourth-order valence-corrected chi connectivity index (χ4v) is 2.70. The molecule has 0 radical (unpaired) electrons. The molecular weight excluding hydrogens is 244 g/mol. The molecule has 2 rings (SSSR count). The van der Waals surface area contributed by atoms with Gasteiger partial charge in [0.05, 0.1) is 19.3 Å². The molecule has 2 atom stereocenters. The van der Waals surface area contributed by atoms with Gasteiger partial charge in [-0.25, -0.2) is 4.79 Å². The highest BCUT2D eigenvalue weighted by molar-refractivity contribution is 5.68. The van der Waals surface area contributed by atoms with E-state index in [1.54, 1.807) is 0 Å².